The first-order valence-corrected chi connectivity index (χ1v) is 14.5. The Kier molecular flexibility index (Phi) is 7.15. The van der Waals surface area contributed by atoms with E-state index >= 15 is 0 Å². The van der Waals surface area contributed by atoms with Gasteiger partial charge in [0.2, 0.25) is 0 Å². The normalized spacial score (nSPS) is 13.4. The van der Waals surface area contributed by atoms with Crippen LogP contribution in [0.15, 0.2) is 82.6 Å². The summed E-state index contributed by atoms with van der Waals surface area (Å²) in [5.41, 5.74) is 2.65. The topological polar surface area (TPSA) is 142 Å². The Balaban J connectivity index is 1.71. The molecule has 0 aliphatic heterocycles. The summed E-state index contributed by atoms with van der Waals surface area (Å²) in [6.07, 6.45) is 0. The van der Waals surface area contributed by atoms with Crippen molar-refractivity contribution in [1.82, 2.24) is 0 Å². The fraction of sp³-hybridized carbons (Fsp3) is 0.103. The summed E-state index contributed by atoms with van der Waals surface area (Å²) in [7, 11) is -3.06. The first-order valence-electron chi connectivity index (χ1n) is 12.0. The van der Waals surface area contributed by atoms with Gasteiger partial charge in [0.1, 0.15) is 4.90 Å². The number of anilines is 4. The van der Waals surface area contributed by atoms with Crippen LogP contribution in [-0.4, -0.2) is 35.9 Å². The molecule has 2 N–H and O–H groups in total. The third-order valence-electron chi connectivity index (χ3n) is 6.56. The van der Waals surface area contributed by atoms with Crippen molar-refractivity contribution in [2.45, 2.75) is 23.6 Å². The highest BCUT2D eigenvalue weighted by atomic mass is 32.2. The first kappa shape index (κ1) is 27.4. The van der Waals surface area contributed by atoms with E-state index in [1.54, 1.807) is 62.4 Å². The van der Waals surface area contributed by atoms with Crippen LogP contribution in [0.5, 0.6) is 0 Å². The zero-order chi connectivity index (χ0) is 28.8. The molecular formula is C29H23N2O7S2-. The van der Waals surface area contributed by atoms with Crippen molar-refractivity contribution in [3.63, 3.8) is 0 Å². The van der Waals surface area contributed by atoms with Crippen LogP contribution < -0.4 is 10.6 Å². The minimum Gasteiger partial charge on any atom is -0.768 e. The van der Waals surface area contributed by atoms with Gasteiger partial charge >= 0.3 is 0 Å². The molecule has 40 heavy (non-hydrogen) atoms. The van der Waals surface area contributed by atoms with Gasteiger partial charge in [0.25, 0.3) is 10.1 Å². The summed E-state index contributed by atoms with van der Waals surface area (Å²) in [5, 5.41) is 6.04. The molecule has 1 unspecified atom stereocenters. The maximum atomic E-state index is 13.8. The Morgan fingerprint density at radius 2 is 1.20 bits per heavy atom. The van der Waals surface area contributed by atoms with Crippen LogP contribution in [0.3, 0.4) is 0 Å². The standard InChI is InChI=1S/C29H24N2O7S2/c1-16-8-10-20(24(14-16)39(34)35)30-22-12-13-23(31-21-11-9-17(2)15-25(21)40(36,37)38-3)27-26(22)28(32)18-6-4-5-7-19(18)29(27)33/h4-15,30-31H,1-3H3,(H,34,35)/p-1. The predicted molar refractivity (Wildman–Crippen MR) is 150 cm³/mol. The lowest BCUT2D eigenvalue weighted by molar-refractivity contribution is 0.0980. The van der Waals surface area contributed by atoms with Crippen molar-refractivity contribution in [1.29, 1.82) is 0 Å². The summed E-state index contributed by atoms with van der Waals surface area (Å²) in [4.78, 5) is 27.5. The van der Waals surface area contributed by atoms with Crippen LogP contribution in [0.2, 0.25) is 0 Å². The summed E-state index contributed by atoms with van der Waals surface area (Å²) in [6.45, 7) is 3.49. The average molecular weight is 576 g/mol. The Labute approximate surface area is 233 Å². The van der Waals surface area contributed by atoms with E-state index in [2.05, 4.69) is 10.6 Å². The van der Waals surface area contributed by atoms with Crippen LogP contribution in [0, 0.1) is 13.8 Å². The van der Waals surface area contributed by atoms with E-state index in [9.17, 15) is 26.8 Å². The van der Waals surface area contributed by atoms with Crippen LogP contribution in [-0.2, 0) is 25.4 Å². The molecule has 4 aromatic rings. The molecule has 0 spiro atoms. The van der Waals surface area contributed by atoms with Crippen molar-refractivity contribution in [2.24, 2.45) is 0 Å². The van der Waals surface area contributed by atoms with Crippen LogP contribution in [0.25, 0.3) is 0 Å². The molecule has 0 amide bonds. The molecule has 9 nitrogen and oxygen atoms in total. The van der Waals surface area contributed by atoms with Gasteiger partial charge in [0, 0.05) is 16.0 Å². The molecule has 1 aliphatic carbocycles. The van der Waals surface area contributed by atoms with E-state index in [-0.39, 0.29) is 54.8 Å². The minimum absolute atomic E-state index is 0.00000559. The first-order chi connectivity index (χ1) is 19.0. The number of nitrogens with one attached hydrogen (secondary N) is 2. The van der Waals surface area contributed by atoms with Crippen molar-refractivity contribution >= 4 is 55.5 Å². The minimum atomic E-state index is -4.12. The molecule has 5 rings (SSSR count). The number of hydrogen-bond donors (Lipinski definition) is 2. The number of rotatable bonds is 7. The third-order valence-corrected chi connectivity index (χ3v) is 8.57. The maximum Gasteiger partial charge on any atom is 0.298 e. The number of carbonyl (C=O) groups excluding carboxylic acids is 2. The molecule has 1 aliphatic rings. The molecule has 0 aromatic heterocycles. The van der Waals surface area contributed by atoms with Gasteiger partial charge in [-0.1, -0.05) is 36.4 Å². The second kappa shape index (κ2) is 10.4. The predicted octanol–water partition coefficient (Wildman–Crippen LogP) is 5.14. The third kappa shape index (κ3) is 4.84. The molecule has 0 fully saturated rings. The molecule has 0 radical (unpaired) electrons. The lowest BCUT2D eigenvalue weighted by atomic mass is 9.82. The smallest absolute Gasteiger partial charge is 0.298 e. The van der Waals surface area contributed by atoms with E-state index < -0.39 is 32.8 Å². The Hall–Kier alpha value is -4.16. The molecule has 1 atom stereocenters. The summed E-state index contributed by atoms with van der Waals surface area (Å²) in [5.74, 6) is -0.891. The van der Waals surface area contributed by atoms with Gasteiger partial charge in [-0.05, 0) is 72.5 Å². The monoisotopic (exact) mass is 575 g/mol. The van der Waals surface area contributed by atoms with Crippen LogP contribution in [0.4, 0.5) is 22.7 Å². The molecule has 0 saturated heterocycles. The van der Waals surface area contributed by atoms with Gasteiger partial charge in [-0.3, -0.25) is 18.0 Å². The highest BCUT2D eigenvalue weighted by Gasteiger charge is 2.34. The highest BCUT2D eigenvalue weighted by molar-refractivity contribution is 7.87. The van der Waals surface area contributed by atoms with E-state index in [1.165, 1.54) is 24.3 Å². The molecule has 204 valence electrons. The van der Waals surface area contributed by atoms with Gasteiger partial charge < -0.3 is 15.2 Å². The van der Waals surface area contributed by atoms with Gasteiger partial charge in [0.15, 0.2) is 11.6 Å². The van der Waals surface area contributed by atoms with Gasteiger partial charge in [0.05, 0.1) is 41.0 Å². The maximum absolute atomic E-state index is 13.8. The Morgan fingerprint density at radius 1 is 0.725 bits per heavy atom. The highest BCUT2D eigenvalue weighted by Crippen LogP contribution is 2.40. The Morgan fingerprint density at radius 3 is 1.73 bits per heavy atom. The summed E-state index contributed by atoms with van der Waals surface area (Å²) < 4.78 is 53.9. The molecule has 0 bridgehead atoms. The second-order valence-electron chi connectivity index (χ2n) is 9.22. The molecule has 0 heterocycles. The van der Waals surface area contributed by atoms with Crippen molar-refractivity contribution < 1.29 is 31.0 Å². The molecule has 11 heteroatoms. The molecule has 0 saturated carbocycles. The zero-order valence-electron chi connectivity index (χ0n) is 21.6. The van der Waals surface area contributed by atoms with E-state index in [0.717, 1.165) is 12.7 Å². The SMILES string of the molecule is COS(=O)(=O)c1cc(C)ccc1Nc1ccc(Nc2ccc(C)cc2S(=O)[O-])c2c1C(=O)c1ccccc1C2=O. The number of benzene rings is 4. The fourth-order valence-corrected chi connectivity index (χ4v) is 6.10. The van der Waals surface area contributed by atoms with E-state index in [4.69, 9.17) is 4.18 Å². The number of carbonyl (C=O) groups is 2. The number of fused-ring (bicyclic) bond motifs is 2. The van der Waals surface area contributed by atoms with E-state index in [1.807, 2.05) is 0 Å². The average Bonchev–Trinajstić information content (AvgIpc) is 2.94. The van der Waals surface area contributed by atoms with Gasteiger partial charge in [-0.25, -0.2) is 0 Å². The van der Waals surface area contributed by atoms with Crippen LogP contribution in [0.1, 0.15) is 43.0 Å². The van der Waals surface area contributed by atoms with Gasteiger partial charge in [-0.2, -0.15) is 8.42 Å². The number of hydrogen-bond acceptors (Lipinski definition) is 9. The Bertz CT molecular complexity index is 1850. The van der Waals surface area contributed by atoms with Gasteiger partial charge in [-0.15, -0.1) is 0 Å². The number of aryl methyl sites for hydroxylation is 2. The van der Waals surface area contributed by atoms with Crippen molar-refractivity contribution in [2.75, 3.05) is 17.7 Å². The lowest BCUT2D eigenvalue weighted by Gasteiger charge is -2.25. The van der Waals surface area contributed by atoms with Crippen LogP contribution >= 0.6 is 0 Å². The van der Waals surface area contributed by atoms with Crippen molar-refractivity contribution in [3.05, 3.63) is 106 Å². The molecule has 4 aromatic carbocycles. The van der Waals surface area contributed by atoms with E-state index in [0.29, 0.717) is 5.56 Å². The summed E-state index contributed by atoms with van der Waals surface area (Å²) in [6, 6.07) is 18.9. The largest absolute Gasteiger partial charge is 0.768 e. The molecular weight excluding hydrogens is 552 g/mol. The second-order valence-corrected chi connectivity index (χ2v) is 11.8. The fourth-order valence-electron chi connectivity index (χ4n) is 4.62. The number of ketones is 2. The zero-order valence-corrected chi connectivity index (χ0v) is 23.2. The summed E-state index contributed by atoms with van der Waals surface area (Å²) >= 11 is -2.57. The lowest BCUT2D eigenvalue weighted by Crippen LogP contribution is -2.23. The van der Waals surface area contributed by atoms with Crippen molar-refractivity contribution in [3.8, 4) is 0 Å². The quantitative estimate of drug-likeness (QED) is 0.199.